The zero-order chi connectivity index (χ0) is 48.9. The first kappa shape index (κ1) is 60.1. The van der Waals surface area contributed by atoms with Crippen molar-refractivity contribution in [2.75, 3.05) is 26.4 Å². The Morgan fingerprint density at radius 1 is 0.493 bits per heavy atom. The van der Waals surface area contributed by atoms with Crippen LogP contribution in [0.4, 0.5) is 0 Å². The minimum Gasteiger partial charge on any atom is -0.462 e. The van der Waals surface area contributed by atoms with Crippen molar-refractivity contribution in [3.63, 3.8) is 0 Å². The lowest BCUT2D eigenvalue weighted by molar-refractivity contribution is -0.332. The van der Waals surface area contributed by atoms with E-state index in [4.69, 9.17) is 28.4 Å². The van der Waals surface area contributed by atoms with Crippen molar-refractivity contribution in [1.29, 1.82) is 0 Å². The summed E-state index contributed by atoms with van der Waals surface area (Å²) in [6, 6.07) is 0. The summed E-state index contributed by atoms with van der Waals surface area (Å²) in [5, 5.41) is 72.0. The van der Waals surface area contributed by atoms with E-state index in [0.29, 0.717) is 12.8 Å². The fourth-order valence-electron chi connectivity index (χ4n) is 7.29. The molecule has 2 saturated heterocycles. The van der Waals surface area contributed by atoms with E-state index >= 15 is 0 Å². The van der Waals surface area contributed by atoms with Gasteiger partial charge < -0.3 is 64.2 Å². The van der Waals surface area contributed by atoms with Crippen molar-refractivity contribution in [1.82, 2.24) is 0 Å². The normalized spacial score (nSPS) is 26.6. The number of hydrogen-bond acceptors (Lipinski definition) is 15. The van der Waals surface area contributed by atoms with Crippen molar-refractivity contribution >= 4 is 11.9 Å². The van der Waals surface area contributed by atoms with Crippen molar-refractivity contribution in [3.05, 3.63) is 72.9 Å². The van der Waals surface area contributed by atoms with Gasteiger partial charge in [0.05, 0.1) is 19.8 Å². The van der Waals surface area contributed by atoms with Gasteiger partial charge in [-0.2, -0.15) is 0 Å². The van der Waals surface area contributed by atoms with Crippen molar-refractivity contribution in [3.8, 4) is 0 Å². The fraction of sp³-hybridized carbons (Fsp3) is 0.731. The molecule has 0 spiro atoms. The predicted octanol–water partition coefficient (Wildman–Crippen LogP) is 6.65. The molecule has 384 valence electrons. The first-order chi connectivity index (χ1) is 32.5. The number of carbonyl (C=O) groups is 2. The molecule has 0 radical (unpaired) electrons. The summed E-state index contributed by atoms with van der Waals surface area (Å²) >= 11 is 0. The van der Waals surface area contributed by atoms with Crippen LogP contribution in [-0.2, 0) is 38.0 Å². The maximum absolute atomic E-state index is 13.0. The van der Waals surface area contributed by atoms with Gasteiger partial charge in [-0.15, -0.1) is 0 Å². The molecular formula is C52H86O15. The Balaban J connectivity index is 1.85. The summed E-state index contributed by atoms with van der Waals surface area (Å²) in [4.78, 5) is 25.7. The molecule has 2 rings (SSSR count). The van der Waals surface area contributed by atoms with Crippen LogP contribution in [0.1, 0.15) is 149 Å². The minimum absolute atomic E-state index is 0.106. The molecule has 0 amide bonds. The molecule has 15 heteroatoms. The third kappa shape index (κ3) is 27.1. The zero-order valence-corrected chi connectivity index (χ0v) is 40.4. The molecule has 2 fully saturated rings. The molecule has 11 atom stereocenters. The Bertz CT molecular complexity index is 1440. The van der Waals surface area contributed by atoms with Crippen molar-refractivity contribution in [2.45, 2.75) is 216 Å². The molecule has 0 saturated carbocycles. The van der Waals surface area contributed by atoms with Crippen LogP contribution in [0.25, 0.3) is 0 Å². The van der Waals surface area contributed by atoms with Crippen LogP contribution in [0.15, 0.2) is 72.9 Å². The molecule has 67 heavy (non-hydrogen) atoms. The quantitative estimate of drug-likeness (QED) is 0.0196. The Kier molecular flexibility index (Phi) is 34.7. The van der Waals surface area contributed by atoms with Crippen LogP contribution in [0.5, 0.6) is 0 Å². The lowest BCUT2D eigenvalue weighted by atomic mass is 9.98. The second-order valence-corrected chi connectivity index (χ2v) is 17.3. The van der Waals surface area contributed by atoms with Gasteiger partial charge in [0.2, 0.25) is 0 Å². The van der Waals surface area contributed by atoms with E-state index in [2.05, 4.69) is 86.8 Å². The highest BCUT2D eigenvalue weighted by atomic mass is 16.7. The fourth-order valence-corrected chi connectivity index (χ4v) is 7.29. The van der Waals surface area contributed by atoms with E-state index in [1.54, 1.807) is 0 Å². The van der Waals surface area contributed by atoms with Gasteiger partial charge in [0.25, 0.3) is 0 Å². The molecule has 11 unspecified atom stereocenters. The molecule has 2 heterocycles. The average molecular weight is 951 g/mol. The highest BCUT2D eigenvalue weighted by Crippen LogP contribution is 2.26. The van der Waals surface area contributed by atoms with Gasteiger partial charge in [-0.3, -0.25) is 9.59 Å². The molecule has 0 aromatic heterocycles. The SMILES string of the molecule is CC/C=C\C/C=C\C/C=C\C/C=C\CCCCC(=O)OC(COC(=O)CCCCCCC/C=C\C/C=C\CCCCCC)COC1OC(COC2OC(CO)C(O)C(O)C2O)C(O)C(O)C1O. The van der Waals surface area contributed by atoms with Crippen LogP contribution < -0.4 is 0 Å². The van der Waals surface area contributed by atoms with Crippen LogP contribution in [0.2, 0.25) is 0 Å². The monoisotopic (exact) mass is 951 g/mol. The summed E-state index contributed by atoms with van der Waals surface area (Å²) in [6.45, 7) is 2.37. The van der Waals surface area contributed by atoms with Gasteiger partial charge in [-0.05, 0) is 83.5 Å². The molecule has 0 aliphatic carbocycles. The Hall–Kier alpha value is -3.06. The molecule has 0 aromatic carbocycles. The molecule has 15 nitrogen and oxygen atoms in total. The highest BCUT2D eigenvalue weighted by molar-refractivity contribution is 5.70. The van der Waals surface area contributed by atoms with Crippen LogP contribution in [0.3, 0.4) is 0 Å². The number of allylic oxidation sites excluding steroid dienone is 12. The van der Waals surface area contributed by atoms with Gasteiger partial charge in [0.15, 0.2) is 18.7 Å². The van der Waals surface area contributed by atoms with Gasteiger partial charge >= 0.3 is 11.9 Å². The smallest absolute Gasteiger partial charge is 0.306 e. The standard InChI is InChI=1S/C52H86O15/c1-3-5-7-9-11-13-15-17-19-21-22-24-26-28-30-32-34-43(54)62-37-40(65-44(55)35-33-31-29-27-25-23-20-18-16-14-12-10-8-6-4-2)38-63-51-50(61)48(59)46(57)42(67-51)39-64-52-49(60)47(58)45(56)41(36-53)66-52/h6,8,12-15,18-21,25,27,40-42,45-53,56-61H,3-5,7,9-11,16-17,22-24,26,28-39H2,1-2H3/b8-6-,14-12-,15-13-,20-18-,21-19-,27-25-. The predicted molar refractivity (Wildman–Crippen MR) is 256 cm³/mol. The van der Waals surface area contributed by atoms with E-state index in [-0.39, 0.29) is 19.4 Å². The highest BCUT2D eigenvalue weighted by Gasteiger charge is 2.47. The lowest BCUT2D eigenvalue weighted by Gasteiger charge is -2.42. The van der Waals surface area contributed by atoms with Crippen LogP contribution in [0, 0.1) is 0 Å². The third-order valence-electron chi connectivity index (χ3n) is 11.4. The number of aliphatic hydroxyl groups excluding tert-OH is 7. The summed E-state index contributed by atoms with van der Waals surface area (Å²) in [5.41, 5.74) is 0. The average Bonchev–Trinajstić information content (AvgIpc) is 3.32. The lowest BCUT2D eigenvalue weighted by Crippen LogP contribution is -2.61. The van der Waals surface area contributed by atoms with Crippen LogP contribution >= 0.6 is 0 Å². The number of aliphatic hydroxyl groups is 7. The third-order valence-corrected chi connectivity index (χ3v) is 11.4. The van der Waals surface area contributed by atoms with E-state index in [0.717, 1.165) is 83.5 Å². The van der Waals surface area contributed by atoms with E-state index in [1.807, 2.05) is 0 Å². The van der Waals surface area contributed by atoms with Crippen molar-refractivity contribution in [2.24, 2.45) is 0 Å². The largest absolute Gasteiger partial charge is 0.462 e. The number of carbonyl (C=O) groups excluding carboxylic acids is 2. The topological polar surface area (TPSA) is 231 Å². The molecule has 2 aliphatic rings. The second kappa shape index (κ2) is 38.8. The Morgan fingerprint density at radius 2 is 0.940 bits per heavy atom. The Morgan fingerprint density at radius 3 is 1.51 bits per heavy atom. The first-order valence-corrected chi connectivity index (χ1v) is 25.0. The van der Waals surface area contributed by atoms with E-state index in [9.17, 15) is 45.3 Å². The number of hydrogen-bond donors (Lipinski definition) is 7. The summed E-state index contributed by atoms with van der Waals surface area (Å²) < 4.78 is 33.5. The molecular weight excluding hydrogens is 865 g/mol. The van der Waals surface area contributed by atoms with Crippen molar-refractivity contribution < 1.29 is 73.8 Å². The van der Waals surface area contributed by atoms with Crippen LogP contribution in [-0.4, -0.2) is 142 Å². The number of unbranched alkanes of at least 4 members (excludes halogenated alkanes) is 11. The first-order valence-electron chi connectivity index (χ1n) is 25.0. The van der Waals surface area contributed by atoms with Gasteiger partial charge in [0, 0.05) is 12.8 Å². The molecule has 0 bridgehead atoms. The summed E-state index contributed by atoms with van der Waals surface area (Å²) in [7, 11) is 0. The maximum atomic E-state index is 13.0. The number of esters is 2. The van der Waals surface area contributed by atoms with Gasteiger partial charge in [-0.1, -0.05) is 125 Å². The minimum atomic E-state index is -1.78. The summed E-state index contributed by atoms with van der Waals surface area (Å²) in [5.74, 6) is -0.997. The number of rotatable bonds is 37. The van der Waals surface area contributed by atoms with Gasteiger partial charge in [0.1, 0.15) is 55.4 Å². The van der Waals surface area contributed by atoms with Gasteiger partial charge in [-0.25, -0.2) is 0 Å². The molecule has 2 aliphatic heterocycles. The number of ether oxygens (including phenoxy) is 6. The zero-order valence-electron chi connectivity index (χ0n) is 40.4. The van der Waals surface area contributed by atoms with E-state index < -0.39 is 99.3 Å². The molecule has 7 N–H and O–H groups in total. The summed E-state index contributed by atoms with van der Waals surface area (Å²) in [6.07, 6.45) is 27.9. The van der Waals surface area contributed by atoms with E-state index in [1.165, 1.54) is 25.7 Å². The molecule has 0 aromatic rings. The maximum Gasteiger partial charge on any atom is 0.306 e. The second-order valence-electron chi connectivity index (χ2n) is 17.3. The Labute approximate surface area is 400 Å².